The Morgan fingerprint density at radius 2 is 2.08 bits per heavy atom. The normalized spacial score (nSPS) is 15.0. The fourth-order valence-electron chi connectivity index (χ4n) is 2.60. The molecule has 1 aliphatic rings. The lowest BCUT2D eigenvalue weighted by atomic mass is 9.98. The van der Waals surface area contributed by atoms with Gasteiger partial charge in [0.05, 0.1) is 5.71 Å². The monoisotopic (exact) mass is 364 g/mol. The summed E-state index contributed by atoms with van der Waals surface area (Å²) in [4.78, 5) is 14.6. The van der Waals surface area contributed by atoms with Gasteiger partial charge in [0, 0.05) is 28.3 Å². The number of rotatable bonds is 7. The molecule has 2 rings (SSSR count). The van der Waals surface area contributed by atoms with E-state index in [1.54, 1.807) is 23.5 Å². The highest BCUT2D eigenvalue weighted by atomic mass is 32.2. The van der Waals surface area contributed by atoms with E-state index in [2.05, 4.69) is 12.2 Å². The quantitative estimate of drug-likeness (QED) is 0.292. The van der Waals surface area contributed by atoms with E-state index in [4.69, 9.17) is 5.41 Å². The van der Waals surface area contributed by atoms with Crippen LogP contribution in [-0.4, -0.2) is 35.8 Å². The van der Waals surface area contributed by atoms with E-state index in [9.17, 15) is 9.90 Å². The van der Waals surface area contributed by atoms with E-state index in [0.717, 1.165) is 33.9 Å². The number of carbonyl (C=O) groups excluding carboxylic acids is 1. The van der Waals surface area contributed by atoms with Gasteiger partial charge in [0.2, 0.25) is 0 Å². The third-order valence-electron chi connectivity index (χ3n) is 4.08. The first-order valence-electron chi connectivity index (χ1n) is 8.01. The molecule has 0 aliphatic heterocycles. The zero-order chi connectivity index (χ0) is 17.9. The van der Waals surface area contributed by atoms with Crippen LogP contribution in [0.3, 0.4) is 0 Å². The number of amides is 1. The highest BCUT2D eigenvalue weighted by Gasteiger charge is 2.33. The number of hydrogen-bond donors (Lipinski definition) is 3. The number of benzene rings is 1. The van der Waals surface area contributed by atoms with Crippen molar-refractivity contribution in [1.82, 2.24) is 5.32 Å². The second kappa shape index (κ2) is 8.12. The van der Waals surface area contributed by atoms with Crippen molar-refractivity contribution >= 4 is 40.9 Å². The maximum absolute atomic E-state index is 12.3. The van der Waals surface area contributed by atoms with Crippen molar-refractivity contribution in [2.45, 2.75) is 36.5 Å². The average Bonchev–Trinajstić information content (AvgIpc) is 3.41. The van der Waals surface area contributed by atoms with Crippen LogP contribution in [0.4, 0.5) is 0 Å². The zero-order valence-corrected chi connectivity index (χ0v) is 16.2. The Morgan fingerprint density at radius 3 is 2.58 bits per heavy atom. The Labute approximate surface area is 152 Å². The molecular weight excluding hydrogens is 340 g/mol. The Kier molecular flexibility index (Phi) is 6.40. The smallest absolute Gasteiger partial charge is 0.256 e. The third-order valence-corrected chi connectivity index (χ3v) is 6.09. The molecule has 0 bridgehead atoms. The van der Waals surface area contributed by atoms with E-state index in [1.807, 2.05) is 25.3 Å². The van der Waals surface area contributed by atoms with Gasteiger partial charge in [0.1, 0.15) is 11.3 Å². The summed E-state index contributed by atoms with van der Waals surface area (Å²) < 4.78 is 0. The number of hydrogen-bond acceptors (Lipinski definition) is 5. The molecule has 0 atom stereocenters. The van der Waals surface area contributed by atoms with Gasteiger partial charge in [0.15, 0.2) is 0 Å². The van der Waals surface area contributed by atoms with Gasteiger partial charge < -0.3 is 15.8 Å². The van der Waals surface area contributed by atoms with E-state index >= 15 is 0 Å². The topological polar surface area (TPSA) is 73.2 Å². The predicted molar refractivity (Wildman–Crippen MR) is 103 cm³/mol. The molecular formula is C18H24N2O2S2. The highest BCUT2D eigenvalue weighted by molar-refractivity contribution is 8.02. The highest BCUT2D eigenvalue weighted by Crippen LogP contribution is 2.38. The Balaban J connectivity index is 2.59. The van der Waals surface area contributed by atoms with Gasteiger partial charge in [-0.1, -0.05) is 6.92 Å². The maximum atomic E-state index is 12.3. The van der Waals surface area contributed by atoms with Gasteiger partial charge in [-0.25, -0.2) is 0 Å². The first kappa shape index (κ1) is 18.9. The molecule has 1 amide bonds. The van der Waals surface area contributed by atoms with Crippen LogP contribution in [0, 0.1) is 18.3 Å². The van der Waals surface area contributed by atoms with Crippen LogP contribution in [0.25, 0.3) is 5.76 Å². The third kappa shape index (κ3) is 3.81. The molecule has 130 valence electrons. The SMILES string of the molecule is CCSc1c(SC)ccc(C(O)=C(C(=N)C2CC2)C(=O)NC)c1C. The van der Waals surface area contributed by atoms with Crippen molar-refractivity contribution in [2.75, 3.05) is 19.1 Å². The van der Waals surface area contributed by atoms with Crippen LogP contribution in [0.2, 0.25) is 0 Å². The molecule has 24 heavy (non-hydrogen) atoms. The lowest BCUT2D eigenvalue weighted by molar-refractivity contribution is -0.116. The number of aliphatic hydroxyl groups is 1. The van der Waals surface area contributed by atoms with Gasteiger partial charge in [-0.15, -0.1) is 23.5 Å². The van der Waals surface area contributed by atoms with Crippen LogP contribution in [0.5, 0.6) is 0 Å². The minimum Gasteiger partial charge on any atom is -0.506 e. The fourth-order valence-corrected chi connectivity index (χ4v) is 4.40. The molecule has 1 fully saturated rings. The summed E-state index contributed by atoms with van der Waals surface area (Å²) in [5.41, 5.74) is 1.93. The zero-order valence-electron chi connectivity index (χ0n) is 14.5. The number of thioether (sulfide) groups is 2. The first-order valence-corrected chi connectivity index (χ1v) is 10.2. The molecule has 1 aromatic rings. The molecule has 1 aliphatic carbocycles. The summed E-state index contributed by atoms with van der Waals surface area (Å²) in [5.74, 6) is 0.536. The summed E-state index contributed by atoms with van der Waals surface area (Å²) in [6.45, 7) is 4.06. The number of nitrogens with one attached hydrogen (secondary N) is 2. The molecule has 0 aromatic heterocycles. The molecule has 3 N–H and O–H groups in total. The molecule has 1 saturated carbocycles. The molecule has 0 unspecified atom stereocenters. The Morgan fingerprint density at radius 1 is 1.42 bits per heavy atom. The van der Waals surface area contributed by atoms with Crippen LogP contribution >= 0.6 is 23.5 Å². The summed E-state index contributed by atoms with van der Waals surface area (Å²) in [5, 5.41) is 21.7. The van der Waals surface area contributed by atoms with Crippen LogP contribution in [0.15, 0.2) is 27.5 Å². The fraction of sp³-hybridized carbons (Fsp3) is 0.444. The van der Waals surface area contributed by atoms with E-state index in [0.29, 0.717) is 5.56 Å². The Hall–Kier alpha value is -1.40. The molecule has 4 nitrogen and oxygen atoms in total. The van der Waals surface area contributed by atoms with Crippen LogP contribution < -0.4 is 5.32 Å². The van der Waals surface area contributed by atoms with Crippen LogP contribution in [-0.2, 0) is 4.79 Å². The summed E-state index contributed by atoms with van der Waals surface area (Å²) in [6.07, 6.45) is 3.85. The number of likely N-dealkylation sites (N-methyl/N-ethyl adjacent to an activating group) is 1. The van der Waals surface area contributed by atoms with Crippen molar-refractivity contribution in [3.63, 3.8) is 0 Å². The van der Waals surface area contributed by atoms with Gasteiger partial charge in [-0.3, -0.25) is 4.79 Å². The van der Waals surface area contributed by atoms with Crippen molar-refractivity contribution in [2.24, 2.45) is 5.92 Å². The van der Waals surface area contributed by atoms with Crippen molar-refractivity contribution < 1.29 is 9.90 Å². The maximum Gasteiger partial charge on any atom is 0.256 e. The molecule has 1 aromatic carbocycles. The first-order chi connectivity index (χ1) is 11.5. The molecule has 0 spiro atoms. The lowest BCUT2D eigenvalue weighted by Crippen LogP contribution is -2.27. The molecule has 0 heterocycles. The van der Waals surface area contributed by atoms with E-state index in [1.165, 1.54) is 7.05 Å². The minimum absolute atomic E-state index is 0.0886. The molecule has 0 saturated heterocycles. The van der Waals surface area contributed by atoms with Crippen molar-refractivity contribution in [3.8, 4) is 0 Å². The van der Waals surface area contributed by atoms with Crippen LogP contribution in [0.1, 0.15) is 30.9 Å². The molecule has 0 radical (unpaired) electrons. The van der Waals surface area contributed by atoms with E-state index < -0.39 is 5.91 Å². The predicted octanol–water partition coefficient (Wildman–Crippen LogP) is 4.27. The van der Waals surface area contributed by atoms with Gasteiger partial charge in [-0.05, 0) is 49.5 Å². The van der Waals surface area contributed by atoms with Gasteiger partial charge >= 0.3 is 0 Å². The van der Waals surface area contributed by atoms with Gasteiger partial charge in [-0.2, -0.15) is 0 Å². The summed E-state index contributed by atoms with van der Waals surface area (Å²) in [7, 11) is 1.53. The van der Waals surface area contributed by atoms with Crippen molar-refractivity contribution in [1.29, 1.82) is 5.41 Å². The molecule has 6 heteroatoms. The summed E-state index contributed by atoms with van der Waals surface area (Å²) in [6, 6.07) is 3.82. The van der Waals surface area contributed by atoms with Gasteiger partial charge in [0.25, 0.3) is 5.91 Å². The minimum atomic E-state index is -0.401. The second-order valence-corrected chi connectivity index (χ2v) is 7.82. The number of aliphatic hydroxyl groups excluding tert-OH is 1. The van der Waals surface area contributed by atoms with Crippen molar-refractivity contribution in [3.05, 3.63) is 28.8 Å². The number of carbonyl (C=O) groups is 1. The lowest BCUT2D eigenvalue weighted by Gasteiger charge is -2.16. The average molecular weight is 365 g/mol. The largest absolute Gasteiger partial charge is 0.506 e. The standard InChI is InChI=1S/C18H24N2O2S2/c1-5-24-17-10(2)12(8-9-13(17)23-4)16(21)14(18(22)20-3)15(19)11-6-7-11/h8-9,11,19,21H,5-7H2,1-4H3,(H,20,22). The van der Waals surface area contributed by atoms with E-state index in [-0.39, 0.29) is 23.0 Å². The second-order valence-electron chi connectivity index (χ2n) is 5.69. The Bertz CT molecular complexity index is 695. The summed E-state index contributed by atoms with van der Waals surface area (Å²) >= 11 is 3.40.